The Labute approximate surface area is 94.5 Å². The average Bonchev–Trinajstić information content (AvgIpc) is 2.38. The van der Waals surface area contributed by atoms with E-state index in [0.29, 0.717) is 19.0 Å². The number of anilines is 1. The lowest BCUT2D eigenvalue weighted by atomic mass is 10.1. The monoisotopic (exact) mass is 214 g/mol. The summed E-state index contributed by atoms with van der Waals surface area (Å²) < 4.78 is 0. The maximum atomic E-state index is 5.58. The van der Waals surface area contributed by atoms with E-state index in [1.807, 2.05) is 12.1 Å². The van der Waals surface area contributed by atoms with Crippen LogP contribution in [0.2, 0.25) is 0 Å². The molecule has 1 aromatic heterocycles. The van der Waals surface area contributed by atoms with E-state index in [-0.39, 0.29) is 0 Å². The third kappa shape index (κ3) is 2.77. The molecule has 0 atom stereocenters. The maximum absolute atomic E-state index is 5.58. The van der Waals surface area contributed by atoms with Crippen LogP contribution in [0, 0.1) is 0 Å². The molecule has 0 unspecified atom stereocenters. The van der Waals surface area contributed by atoms with Crippen molar-refractivity contribution in [3.63, 3.8) is 0 Å². The van der Waals surface area contributed by atoms with E-state index in [0.717, 1.165) is 5.56 Å². The van der Waals surface area contributed by atoms with Gasteiger partial charge in [0.05, 0.1) is 0 Å². The number of nitrogens with zero attached hydrogens (tertiary/aromatic N) is 2. The second kappa shape index (κ2) is 5.23. The van der Waals surface area contributed by atoms with Crippen molar-refractivity contribution in [2.75, 3.05) is 5.32 Å². The summed E-state index contributed by atoms with van der Waals surface area (Å²) in [6.45, 7) is 1.27. The Kier molecular flexibility index (Phi) is 3.46. The highest BCUT2D eigenvalue weighted by Crippen LogP contribution is 2.06. The van der Waals surface area contributed by atoms with Crippen LogP contribution in [0.4, 0.5) is 5.95 Å². The number of hydrogen-bond donors (Lipinski definition) is 2. The predicted molar refractivity (Wildman–Crippen MR) is 63.7 cm³/mol. The fourth-order valence-corrected chi connectivity index (χ4v) is 1.44. The molecule has 0 aliphatic rings. The molecule has 4 nitrogen and oxygen atoms in total. The van der Waals surface area contributed by atoms with E-state index in [1.54, 1.807) is 18.5 Å². The second-order valence-corrected chi connectivity index (χ2v) is 3.45. The van der Waals surface area contributed by atoms with Gasteiger partial charge in [0.2, 0.25) is 5.95 Å². The van der Waals surface area contributed by atoms with E-state index < -0.39 is 0 Å². The standard InChI is InChI=1S/C12H14N4/c13-8-10-3-1-4-11(7-10)9-16-12-14-5-2-6-15-12/h1-7H,8-9,13H2,(H,14,15,16). The Hall–Kier alpha value is -1.94. The third-order valence-electron chi connectivity index (χ3n) is 2.24. The molecule has 1 aromatic carbocycles. The van der Waals surface area contributed by atoms with Crippen molar-refractivity contribution in [2.24, 2.45) is 5.73 Å². The summed E-state index contributed by atoms with van der Waals surface area (Å²) in [4.78, 5) is 8.18. The number of nitrogens with two attached hydrogens (primary N) is 1. The molecule has 0 saturated heterocycles. The zero-order valence-electron chi connectivity index (χ0n) is 8.93. The van der Waals surface area contributed by atoms with Crippen LogP contribution in [0.3, 0.4) is 0 Å². The molecule has 0 fully saturated rings. The highest BCUT2D eigenvalue weighted by atomic mass is 15.1. The molecular formula is C12H14N4. The van der Waals surface area contributed by atoms with Gasteiger partial charge >= 0.3 is 0 Å². The number of aromatic nitrogens is 2. The Morgan fingerprint density at radius 3 is 2.56 bits per heavy atom. The molecule has 2 rings (SSSR count). The molecule has 4 heteroatoms. The second-order valence-electron chi connectivity index (χ2n) is 3.45. The first-order chi connectivity index (χ1) is 7.88. The van der Waals surface area contributed by atoms with Crippen molar-refractivity contribution in [1.29, 1.82) is 0 Å². The number of hydrogen-bond acceptors (Lipinski definition) is 4. The lowest BCUT2D eigenvalue weighted by Crippen LogP contribution is -2.04. The van der Waals surface area contributed by atoms with Gasteiger partial charge in [0.1, 0.15) is 0 Å². The van der Waals surface area contributed by atoms with Gasteiger partial charge in [0.15, 0.2) is 0 Å². The van der Waals surface area contributed by atoms with Crippen molar-refractivity contribution >= 4 is 5.95 Å². The lowest BCUT2D eigenvalue weighted by molar-refractivity contribution is 1.03. The molecule has 0 radical (unpaired) electrons. The average molecular weight is 214 g/mol. The first-order valence-corrected chi connectivity index (χ1v) is 5.17. The highest BCUT2D eigenvalue weighted by Gasteiger charge is 1.96. The van der Waals surface area contributed by atoms with Gasteiger partial charge in [-0.2, -0.15) is 0 Å². The minimum Gasteiger partial charge on any atom is -0.350 e. The quantitative estimate of drug-likeness (QED) is 0.810. The summed E-state index contributed by atoms with van der Waals surface area (Å²) in [7, 11) is 0. The number of nitrogens with one attached hydrogen (secondary N) is 1. The van der Waals surface area contributed by atoms with E-state index in [2.05, 4.69) is 27.4 Å². The summed E-state index contributed by atoms with van der Waals surface area (Å²) in [5.74, 6) is 0.639. The maximum Gasteiger partial charge on any atom is 0.222 e. The minimum absolute atomic E-state index is 0.565. The van der Waals surface area contributed by atoms with Crippen LogP contribution in [0.25, 0.3) is 0 Å². The Morgan fingerprint density at radius 1 is 1.06 bits per heavy atom. The molecule has 0 aliphatic carbocycles. The number of rotatable bonds is 4. The molecule has 0 bridgehead atoms. The molecule has 1 heterocycles. The molecule has 82 valence electrons. The normalized spacial score (nSPS) is 10.1. The Balaban J connectivity index is 1.99. The van der Waals surface area contributed by atoms with Crippen molar-refractivity contribution < 1.29 is 0 Å². The summed E-state index contributed by atoms with van der Waals surface area (Å²) >= 11 is 0. The van der Waals surface area contributed by atoms with Crippen LogP contribution >= 0.6 is 0 Å². The van der Waals surface area contributed by atoms with E-state index in [1.165, 1.54) is 5.56 Å². The van der Waals surface area contributed by atoms with Gasteiger partial charge in [-0.1, -0.05) is 24.3 Å². The zero-order valence-corrected chi connectivity index (χ0v) is 8.93. The van der Waals surface area contributed by atoms with Gasteiger partial charge in [-0.3, -0.25) is 0 Å². The summed E-state index contributed by atoms with van der Waals surface area (Å²) in [6.07, 6.45) is 3.43. The third-order valence-corrected chi connectivity index (χ3v) is 2.24. The van der Waals surface area contributed by atoms with Crippen LogP contribution in [0.1, 0.15) is 11.1 Å². The van der Waals surface area contributed by atoms with E-state index in [4.69, 9.17) is 5.73 Å². The molecule has 3 N–H and O–H groups in total. The van der Waals surface area contributed by atoms with Crippen molar-refractivity contribution in [1.82, 2.24) is 9.97 Å². The van der Waals surface area contributed by atoms with Crippen LogP contribution in [0.5, 0.6) is 0 Å². The van der Waals surface area contributed by atoms with Gasteiger partial charge in [-0.25, -0.2) is 9.97 Å². The summed E-state index contributed by atoms with van der Waals surface area (Å²) in [5.41, 5.74) is 7.89. The van der Waals surface area contributed by atoms with Gasteiger partial charge in [0, 0.05) is 25.5 Å². The van der Waals surface area contributed by atoms with Crippen LogP contribution in [-0.2, 0) is 13.1 Å². The van der Waals surface area contributed by atoms with Gasteiger partial charge in [0.25, 0.3) is 0 Å². The molecule has 2 aromatic rings. The van der Waals surface area contributed by atoms with E-state index >= 15 is 0 Å². The molecule has 0 saturated carbocycles. The topological polar surface area (TPSA) is 63.8 Å². The van der Waals surface area contributed by atoms with Crippen LogP contribution in [-0.4, -0.2) is 9.97 Å². The highest BCUT2D eigenvalue weighted by molar-refractivity contribution is 5.29. The van der Waals surface area contributed by atoms with Gasteiger partial charge in [-0.15, -0.1) is 0 Å². The minimum atomic E-state index is 0.565. The predicted octanol–water partition coefficient (Wildman–Crippen LogP) is 1.55. The number of benzene rings is 1. The molecule has 0 aliphatic heterocycles. The van der Waals surface area contributed by atoms with Gasteiger partial charge < -0.3 is 11.1 Å². The van der Waals surface area contributed by atoms with Crippen LogP contribution < -0.4 is 11.1 Å². The lowest BCUT2D eigenvalue weighted by Gasteiger charge is -2.05. The molecular weight excluding hydrogens is 200 g/mol. The fourth-order valence-electron chi connectivity index (χ4n) is 1.44. The largest absolute Gasteiger partial charge is 0.350 e. The van der Waals surface area contributed by atoms with Crippen LogP contribution in [0.15, 0.2) is 42.7 Å². The first kappa shape index (κ1) is 10.6. The molecule has 0 amide bonds. The Morgan fingerprint density at radius 2 is 1.81 bits per heavy atom. The van der Waals surface area contributed by atoms with Gasteiger partial charge in [-0.05, 0) is 17.2 Å². The molecule has 16 heavy (non-hydrogen) atoms. The summed E-state index contributed by atoms with van der Waals surface area (Å²) in [5, 5.41) is 3.15. The summed E-state index contributed by atoms with van der Waals surface area (Å²) in [6, 6.07) is 9.94. The van der Waals surface area contributed by atoms with Crippen molar-refractivity contribution in [3.8, 4) is 0 Å². The smallest absolute Gasteiger partial charge is 0.222 e. The SMILES string of the molecule is NCc1cccc(CNc2ncccn2)c1. The fraction of sp³-hybridized carbons (Fsp3) is 0.167. The van der Waals surface area contributed by atoms with E-state index in [9.17, 15) is 0 Å². The van der Waals surface area contributed by atoms with Crippen molar-refractivity contribution in [3.05, 3.63) is 53.9 Å². The molecule has 0 spiro atoms. The Bertz CT molecular complexity index is 442. The first-order valence-electron chi connectivity index (χ1n) is 5.17. The zero-order chi connectivity index (χ0) is 11.2. The van der Waals surface area contributed by atoms with Crippen molar-refractivity contribution in [2.45, 2.75) is 13.1 Å².